The van der Waals surface area contributed by atoms with Crippen LogP contribution < -0.4 is 5.73 Å². The molecule has 2 aromatic carbocycles. The van der Waals surface area contributed by atoms with Gasteiger partial charge in [0.1, 0.15) is 17.2 Å². The van der Waals surface area contributed by atoms with Gasteiger partial charge in [0.25, 0.3) is 0 Å². The zero-order valence-electron chi connectivity index (χ0n) is 12.7. The molecule has 0 bridgehead atoms. The Morgan fingerprint density at radius 1 is 1.25 bits per heavy atom. The van der Waals surface area contributed by atoms with E-state index in [1.165, 1.54) is 16.9 Å². The minimum absolute atomic E-state index is 0.188. The van der Waals surface area contributed by atoms with Gasteiger partial charge in [-0.15, -0.1) is 0 Å². The first kappa shape index (κ1) is 15.9. The number of hydrogen-bond acceptors (Lipinski definition) is 4. The van der Waals surface area contributed by atoms with E-state index in [4.69, 9.17) is 5.73 Å². The SMILES string of the molecule is COC(=O)c1c(F)cc(-c2c(F)ccc3cnn(C)c23)c(F)c1N. The molecule has 2 N–H and O–H groups in total. The fourth-order valence-electron chi connectivity index (χ4n) is 2.64. The molecule has 1 aromatic heterocycles. The number of nitrogens with zero attached hydrogens (tertiary/aromatic N) is 2. The summed E-state index contributed by atoms with van der Waals surface area (Å²) < 4.78 is 49.1. The van der Waals surface area contributed by atoms with Gasteiger partial charge in [-0.3, -0.25) is 4.68 Å². The van der Waals surface area contributed by atoms with Gasteiger partial charge in [0.05, 0.1) is 24.5 Å². The van der Waals surface area contributed by atoms with Crippen molar-refractivity contribution in [1.82, 2.24) is 9.78 Å². The first-order valence-corrected chi connectivity index (χ1v) is 6.83. The summed E-state index contributed by atoms with van der Waals surface area (Å²) in [6.45, 7) is 0. The minimum atomic E-state index is -1.12. The lowest BCUT2D eigenvalue weighted by atomic mass is 9.98. The quantitative estimate of drug-likeness (QED) is 0.577. The highest BCUT2D eigenvalue weighted by Gasteiger charge is 2.26. The zero-order chi connectivity index (χ0) is 17.6. The minimum Gasteiger partial charge on any atom is -0.465 e. The number of nitrogen functional groups attached to an aromatic ring is 1. The van der Waals surface area contributed by atoms with Crippen molar-refractivity contribution in [2.45, 2.75) is 0 Å². The molecule has 0 atom stereocenters. The van der Waals surface area contributed by atoms with Crippen molar-refractivity contribution in [1.29, 1.82) is 0 Å². The third-order valence-electron chi connectivity index (χ3n) is 3.76. The number of nitrogens with two attached hydrogens (primary N) is 1. The van der Waals surface area contributed by atoms with Gasteiger partial charge in [-0.25, -0.2) is 18.0 Å². The number of carbonyl (C=O) groups excluding carboxylic acids is 1. The molecule has 24 heavy (non-hydrogen) atoms. The van der Waals surface area contributed by atoms with Crippen LogP contribution in [0.4, 0.5) is 18.9 Å². The second kappa shape index (κ2) is 5.55. The van der Waals surface area contributed by atoms with Crippen LogP contribution in [0.5, 0.6) is 0 Å². The topological polar surface area (TPSA) is 70.1 Å². The van der Waals surface area contributed by atoms with Crippen molar-refractivity contribution in [2.75, 3.05) is 12.8 Å². The number of anilines is 1. The predicted molar refractivity (Wildman–Crippen MR) is 81.8 cm³/mol. The van der Waals surface area contributed by atoms with Gasteiger partial charge < -0.3 is 10.5 Å². The summed E-state index contributed by atoms with van der Waals surface area (Å²) in [6, 6.07) is 3.32. The summed E-state index contributed by atoms with van der Waals surface area (Å²) >= 11 is 0. The number of hydrogen-bond donors (Lipinski definition) is 1. The van der Waals surface area contributed by atoms with Gasteiger partial charge in [-0.1, -0.05) is 0 Å². The van der Waals surface area contributed by atoms with Crippen LogP contribution in [0.1, 0.15) is 10.4 Å². The van der Waals surface area contributed by atoms with Crippen LogP contribution >= 0.6 is 0 Å². The van der Waals surface area contributed by atoms with Gasteiger partial charge in [-0.2, -0.15) is 5.10 Å². The number of esters is 1. The Bertz CT molecular complexity index is 983. The standard InChI is InChI=1S/C16H12F3N3O2/c1-22-15-7(6-21-22)3-4-9(17)11(15)8-5-10(18)12(16(23)24-2)14(20)13(8)19/h3-6H,20H2,1-2H3. The normalized spacial score (nSPS) is 11.0. The molecule has 0 fully saturated rings. The molecule has 0 saturated carbocycles. The number of halogens is 3. The van der Waals surface area contributed by atoms with Crippen molar-refractivity contribution >= 4 is 22.6 Å². The molecule has 0 aliphatic carbocycles. The van der Waals surface area contributed by atoms with Gasteiger partial charge >= 0.3 is 5.97 Å². The van der Waals surface area contributed by atoms with Gasteiger partial charge in [0.15, 0.2) is 5.82 Å². The molecule has 124 valence electrons. The highest BCUT2D eigenvalue weighted by Crippen LogP contribution is 2.36. The van der Waals surface area contributed by atoms with E-state index in [2.05, 4.69) is 9.84 Å². The molecular formula is C16H12F3N3O2. The molecule has 0 unspecified atom stereocenters. The molecule has 0 radical (unpaired) electrons. The van der Waals surface area contributed by atoms with E-state index in [-0.39, 0.29) is 11.1 Å². The predicted octanol–water partition coefficient (Wildman–Crippen LogP) is 3.03. The van der Waals surface area contributed by atoms with Crippen molar-refractivity contribution in [3.63, 3.8) is 0 Å². The highest BCUT2D eigenvalue weighted by atomic mass is 19.1. The second-order valence-corrected chi connectivity index (χ2v) is 5.13. The average Bonchev–Trinajstić information content (AvgIpc) is 2.92. The number of fused-ring (bicyclic) bond motifs is 1. The molecule has 5 nitrogen and oxygen atoms in total. The number of carbonyl (C=O) groups is 1. The first-order valence-electron chi connectivity index (χ1n) is 6.83. The smallest absolute Gasteiger partial charge is 0.343 e. The van der Waals surface area contributed by atoms with E-state index in [9.17, 15) is 18.0 Å². The van der Waals surface area contributed by atoms with Crippen LogP contribution in [0.2, 0.25) is 0 Å². The summed E-state index contributed by atoms with van der Waals surface area (Å²) in [4.78, 5) is 11.6. The van der Waals surface area contributed by atoms with E-state index >= 15 is 0 Å². The fourth-order valence-corrected chi connectivity index (χ4v) is 2.64. The highest BCUT2D eigenvalue weighted by molar-refractivity contribution is 5.99. The molecule has 0 amide bonds. The lowest BCUT2D eigenvalue weighted by molar-refractivity contribution is 0.0596. The van der Waals surface area contributed by atoms with Crippen molar-refractivity contribution < 1.29 is 22.7 Å². The number of aryl methyl sites for hydroxylation is 1. The molecule has 0 aliphatic heterocycles. The van der Waals surface area contributed by atoms with E-state index in [1.807, 2.05) is 0 Å². The molecular weight excluding hydrogens is 323 g/mol. The van der Waals surface area contributed by atoms with Crippen LogP contribution in [-0.2, 0) is 11.8 Å². The Kier molecular flexibility index (Phi) is 3.67. The van der Waals surface area contributed by atoms with Crippen LogP contribution in [0, 0.1) is 17.5 Å². The zero-order valence-corrected chi connectivity index (χ0v) is 12.7. The second-order valence-electron chi connectivity index (χ2n) is 5.13. The van der Waals surface area contributed by atoms with Crippen molar-refractivity contribution in [3.8, 4) is 11.1 Å². The maximum Gasteiger partial charge on any atom is 0.343 e. The molecule has 0 spiro atoms. The lowest BCUT2D eigenvalue weighted by Gasteiger charge is -2.13. The molecule has 8 heteroatoms. The Morgan fingerprint density at radius 3 is 2.62 bits per heavy atom. The Morgan fingerprint density at radius 2 is 1.96 bits per heavy atom. The van der Waals surface area contributed by atoms with Gasteiger partial charge in [0, 0.05) is 23.6 Å². The van der Waals surface area contributed by atoms with E-state index in [0.717, 1.165) is 19.2 Å². The number of benzene rings is 2. The maximum atomic E-state index is 14.7. The van der Waals surface area contributed by atoms with Crippen LogP contribution in [0.15, 0.2) is 24.4 Å². The van der Waals surface area contributed by atoms with E-state index in [1.54, 1.807) is 7.05 Å². The van der Waals surface area contributed by atoms with Gasteiger partial charge in [0.2, 0.25) is 0 Å². The summed E-state index contributed by atoms with van der Waals surface area (Å²) in [7, 11) is 2.56. The van der Waals surface area contributed by atoms with E-state index < -0.39 is 40.2 Å². The molecule has 3 rings (SSSR count). The maximum absolute atomic E-state index is 14.7. The first-order chi connectivity index (χ1) is 11.4. The third-order valence-corrected chi connectivity index (χ3v) is 3.76. The lowest BCUT2D eigenvalue weighted by Crippen LogP contribution is -2.11. The fraction of sp³-hybridized carbons (Fsp3) is 0.125. The Balaban J connectivity index is 2.39. The number of rotatable bonds is 2. The monoisotopic (exact) mass is 335 g/mol. The van der Waals surface area contributed by atoms with Crippen molar-refractivity contribution in [2.24, 2.45) is 7.05 Å². The molecule has 1 heterocycles. The summed E-state index contributed by atoms with van der Waals surface area (Å²) in [5, 5.41) is 4.53. The third kappa shape index (κ3) is 2.18. The summed E-state index contributed by atoms with van der Waals surface area (Å²) in [6.07, 6.45) is 1.47. The van der Waals surface area contributed by atoms with E-state index in [0.29, 0.717) is 5.39 Å². The van der Waals surface area contributed by atoms with Crippen LogP contribution in [0.3, 0.4) is 0 Å². The molecule has 0 saturated heterocycles. The largest absolute Gasteiger partial charge is 0.465 e. The number of ether oxygens (including phenoxy) is 1. The Hall–Kier alpha value is -3.03. The molecule has 0 aliphatic rings. The summed E-state index contributed by atoms with van der Waals surface area (Å²) in [5.74, 6) is -4.09. The Labute approximate surface area is 134 Å². The van der Waals surface area contributed by atoms with Crippen molar-refractivity contribution in [3.05, 3.63) is 47.4 Å². The number of methoxy groups -OCH3 is 1. The van der Waals surface area contributed by atoms with Crippen LogP contribution in [-0.4, -0.2) is 22.9 Å². The average molecular weight is 335 g/mol. The van der Waals surface area contributed by atoms with Gasteiger partial charge in [-0.05, 0) is 18.2 Å². The molecule has 3 aromatic rings. The van der Waals surface area contributed by atoms with Crippen LogP contribution in [0.25, 0.3) is 22.0 Å². The summed E-state index contributed by atoms with van der Waals surface area (Å²) in [5.41, 5.74) is 3.77. The number of aromatic nitrogens is 2.